The zero-order chi connectivity index (χ0) is 14.3. The van der Waals surface area contributed by atoms with Crippen molar-refractivity contribution in [2.75, 3.05) is 19.1 Å². The highest BCUT2D eigenvalue weighted by Crippen LogP contribution is 2.04. The van der Waals surface area contributed by atoms with Crippen molar-refractivity contribution in [2.24, 2.45) is 0 Å². The van der Waals surface area contributed by atoms with Crippen LogP contribution in [0.4, 0.5) is 0 Å². The van der Waals surface area contributed by atoms with Crippen molar-refractivity contribution < 1.29 is 19.1 Å². The maximum atomic E-state index is 11.2. The summed E-state index contributed by atoms with van der Waals surface area (Å²) >= 11 is 5.35. The molecule has 0 rings (SSSR count). The molecule has 0 unspecified atom stereocenters. The van der Waals surface area contributed by atoms with Gasteiger partial charge in [0.2, 0.25) is 0 Å². The molecule has 5 heteroatoms. The van der Waals surface area contributed by atoms with Crippen molar-refractivity contribution in [1.82, 2.24) is 0 Å². The lowest BCUT2D eigenvalue weighted by Gasteiger charge is -2.02. The summed E-state index contributed by atoms with van der Waals surface area (Å²) in [7, 11) is 0. The van der Waals surface area contributed by atoms with E-state index in [1.54, 1.807) is 0 Å². The Kier molecular flexibility index (Phi) is 12.7. The molecule has 0 bridgehead atoms. The van der Waals surface area contributed by atoms with Crippen molar-refractivity contribution in [3.8, 4) is 0 Å². The summed E-state index contributed by atoms with van der Waals surface area (Å²) in [5, 5.41) is 0. The van der Waals surface area contributed by atoms with E-state index in [2.05, 4.69) is 11.7 Å². The van der Waals surface area contributed by atoms with E-state index < -0.39 is 11.9 Å². The first-order valence-corrected chi connectivity index (χ1v) is 7.31. The topological polar surface area (TPSA) is 52.6 Å². The van der Waals surface area contributed by atoms with Crippen LogP contribution in [0.25, 0.3) is 0 Å². The molecule has 0 aliphatic carbocycles. The van der Waals surface area contributed by atoms with E-state index in [0.717, 1.165) is 25.0 Å². The van der Waals surface area contributed by atoms with Gasteiger partial charge in [0.25, 0.3) is 0 Å². The molecule has 0 aromatic carbocycles. The first-order valence-electron chi connectivity index (χ1n) is 6.78. The van der Waals surface area contributed by atoms with Gasteiger partial charge in [-0.1, -0.05) is 39.0 Å². The molecule has 0 heterocycles. The summed E-state index contributed by atoms with van der Waals surface area (Å²) in [5.74, 6) is -0.865. The molecule has 0 aromatic rings. The number of carbonyl (C=O) groups excluding carboxylic acids is 2. The predicted molar refractivity (Wildman–Crippen MR) is 75.2 cm³/mol. The van der Waals surface area contributed by atoms with Crippen LogP contribution in [-0.2, 0) is 19.1 Å². The molecular formula is C14H23ClO4. The Morgan fingerprint density at radius 2 is 1.42 bits per heavy atom. The predicted octanol–water partition coefficient (Wildman–Crippen LogP) is 3.23. The third-order valence-electron chi connectivity index (χ3n) is 2.42. The first-order chi connectivity index (χ1) is 9.20. The van der Waals surface area contributed by atoms with Gasteiger partial charge in [0.05, 0.1) is 12.5 Å². The third kappa shape index (κ3) is 13.2. The molecule has 0 atom stereocenters. The number of hydrogen-bond donors (Lipinski definition) is 0. The maximum Gasteiger partial charge on any atom is 0.331 e. The van der Waals surface area contributed by atoms with Crippen LogP contribution in [0, 0.1) is 0 Å². The summed E-state index contributed by atoms with van der Waals surface area (Å²) in [6.07, 6.45) is 8.94. The Bertz CT molecular complexity index is 277. The summed E-state index contributed by atoms with van der Waals surface area (Å²) in [6, 6.07) is 0. The van der Waals surface area contributed by atoms with Gasteiger partial charge in [-0.05, 0) is 6.42 Å². The Hall–Kier alpha value is -1.03. The molecule has 0 aromatic heterocycles. The van der Waals surface area contributed by atoms with Gasteiger partial charge in [0.1, 0.15) is 6.61 Å². The SMILES string of the molecule is CCCCCCCCOC(=O)/C=C/C(=O)OCCCl. The average Bonchev–Trinajstić information content (AvgIpc) is 2.41. The second kappa shape index (κ2) is 13.4. The zero-order valence-corrected chi connectivity index (χ0v) is 12.3. The first kappa shape index (κ1) is 18.0. The molecule has 4 nitrogen and oxygen atoms in total. The van der Waals surface area contributed by atoms with Crippen LogP contribution in [0.2, 0.25) is 0 Å². The van der Waals surface area contributed by atoms with Gasteiger partial charge in [-0.2, -0.15) is 0 Å². The summed E-state index contributed by atoms with van der Waals surface area (Å²) < 4.78 is 9.60. The van der Waals surface area contributed by atoms with Crippen molar-refractivity contribution >= 4 is 23.5 Å². The Balaban J connectivity index is 3.48. The highest BCUT2D eigenvalue weighted by Gasteiger charge is 2.00. The average molecular weight is 291 g/mol. The minimum atomic E-state index is -0.586. The van der Waals surface area contributed by atoms with Crippen molar-refractivity contribution in [3.05, 3.63) is 12.2 Å². The van der Waals surface area contributed by atoms with E-state index in [9.17, 15) is 9.59 Å². The lowest BCUT2D eigenvalue weighted by molar-refractivity contribution is -0.140. The minimum Gasteiger partial charge on any atom is -0.463 e. The number of carbonyl (C=O) groups is 2. The largest absolute Gasteiger partial charge is 0.463 e. The van der Waals surface area contributed by atoms with E-state index >= 15 is 0 Å². The Labute approximate surface area is 120 Å². The third-order valence-corrected chi connectivity index (χ3v) is 2.57. The van der Waals surface area contributed by atoms with Crippen LogP contribution >= 0.6 is 11.6 Å². The van der Waals surface area contributed by atoms with Crippen molar-refractivity contribution in [1.29, 1.82) is 0 Å². The van der Waals surface area contributed by atoms with Gasteiger partial charge in [-0.15, -0.1) is 11.6 Å². The molecule has 0 aliphatic heterocycles. The summed E-state index contributed by atoms with van der Waals surface area (Å²) in [4.78, 5) is 22.2. The quantitative estimate of drug-likeness (QED) is 0.254. The van der Waals surface area contributed by atoms with E-state index in [4.69, 9.17) is 16.3 Å². The molecule has 0 aliphatic rings. The fourth-order valence-electron chi connectivity index (χ4n) is 1.43. The number of rotatable bonds is 11. The van der Waals surface area contributed by atoms with E-state index in [-0.39, 0.29) is 12.5 Å². The molecule has 0 amide bonds. The summed E-state index contributed by atoms with van der Waals surface area (Å²) in [6.45, 7) is 2.70. The van der Waals surface area contributed by atoms with Gasteiger partial charge in [0, 0.05) is 12.2 Å². The van der Waals surface area contributed by atoms with Crippen LogP contribution in [0.1, 0.15) is 45.4 Å². The monoisotopic (exact) mass is 290 g/mol. The fourth-order valence-corrected chi connectivity index (χ4v) is 1.50. The number of hydrogen-bond acceptors (Lipinski definition) is 4. The number of ether oxygens (including phenoxy) is 2. The molecule has 0 saturated heterocycles. The normalized spacial score (nSPS) is 10.6. The highest BCUT2D eigenvalue weighted by molar-refractivity contribution is 6.18. The zero-order valence-electron chi connectivity index (χ0n) is 11.5. The van der Waals surface area contributed by atoms with Crippen LogP contribution in [-0.4, -0.2) is 31.0 Å². The Morgan fingerprint density at radius 3 is 2.00 bits per heavy atom. The molecule has 110 valence electrons. The van der Waals surface area contributed by atoms with Gasteiger partial charge in [-0.25, -0.2) is 9.59 Å². The number of alkyl halides is 1. The van der Waals surface area contributed by atoms with Gasteiger partial charge in [0.15, 0.2) is 0 Å². The smallest absolute Gasteiger partial charge is 0.331 e. The van der Waals surface area contributed by atoms with Crippen LogP contribution in [0.3, 0.4) is 0 Å². The lowest BCUT2D eigenvalue weighted by atomic mass is 10.1. The molecule has 0 N–H and O–H groups in total. The second-order valence-corrected chi connectivity index (χ2v) is 4.50. The van der Waals surface area contributed by atoms with Gasteiger partial charge >= 0.3 is 11.9 Å². The molecule has 0 radical (unpaired) electrons. The molecule has 0 saturated carbocycles. The van der Waals surface area contributed by atoms with E-state index in [1.165, 1.54) is 25.7 Å². The lowest BCUT2D eigenvalue weighted by Crippen LogP contribution is -2.06. The number of halogens is 1. The molecular weight excluding hydrogens is 268 g/mol. The van der Waals surface area contributed by atoms with Gasteiger partial charge < -0.3 is 9.47 Å². The standard InChI is InChI=1S/C14H23ClO4/c1-2-3-4-5-6-7-11-18-13(16)8-9-14(17)19-12-10-15/h8-9H,2-7,10-12H2,1H3/b9-8+. The molecule has 0 fully saturated rings. The van der Waals surface area contributed by atoms with Gasteiger partial charge in [-0.3, -0.25) is 0 Å². The number of unbranched alkanes of at least 4 members (excludes halogenated alkanes) is 5. The minimum absolute atomic E-state index is 0.136. The molecule has 19 heavy (non-hydrogen) atoms. The Morgan fingerprint density at radius 1 is 0.895 bits per heavy atom. The molecule has 0 spiro atoms. The van der Waals surface area contributed by atoms with Crippen LogP contribution < -0.4 is 0 Å². The highest BCUT2D eigenvalue weighted by atomic mass is 35.5. The fraction of sp³-hybridized carbons (Fsp3) is 0.714. The van der Waals surface area contributed by atoms with E-state index in [0.29, 0.717) is 6.61 Å². The van der Waals surface area contributed by atoms with Crippen LogP contribution in [0.15, 0.2) is 12.2 Å². The van der Waals surface area contributed by atoms with Crippen molar-refractivity contribution in [3.63, 3.8) is 0 Å². The maximum absolute atomic E-state index is 11.2. The summed E-state index contributed by atoms with van der Waals surface area (Å²) in [5.41, 5.74) is 0. The number of esters is 2. The second-order valence-electron chi connectivity index (χ2n) is 4.13. The van der Waals surface area contributed by atoms with E-state index in [1.807, 2.05) is 0 Å². The van der Waals surface area contributed by atoms with Crippen molar-refractivity contribution in [2.45, 2.75) is 45.4 Å². The van der Waals surface area contributed by atoms with Crippen LogP contribution in [0.5, 0.6) is 0 Å².